The molecule has 6 atom stereocenters. The highest BCUT2D eigenvalue weighted by Crippen LogP contribution is 2.21. The molecule has 55 heavy (non-hydrogen) atoms. The van der Waals surface area contributed by atoms with Gasteiger partial charge >= 0.3 is 0 Å². The lowest BCUT2D eigenvalue weighted by Gasteiger charge is -2.30. The van der Waals surface area contributed by atoms with Crippen molar-refractivity contribution >= 4 is 35.4 Å². The first kappa shape index (κ1) is 40.6. The summed E-state index contributed by atoms with van der Waals surface area (Å²) in [4.78, 5) is 83.3. The van der Waals surface area contributed by atoms with E-state index in [1.165, 1.54) is 11.8 Å². The van der Waals surface area contributed by atoms with Gasteiger partial charge in [0, 0.05) is 19.5 Å². The van der Waals surface area contributed by atoms with Gasteiger partial charge in [0.15, 0.2) is 0 Å². The summed E-state index contributed by atoms with van der Waals surface area (Å²) in [6.45, 7) is 3.65. The molecule has 0 aliphatic carbocycles. The maximum absolute atomic E-state index is 14.0. The molecule has 0 bridgehead atoms. The topological polar surface area (TPSA) is 186 Å². The molecule has 0 spiro atoms. The summed E-state index contributed by atoms with van der Waals surface area (Å²) in [5, 5.41) is 24.5. The van der Waals surface area contributed by atoms with Gasteiger partial charge in [-0.15, -0.1) is 0 Å². The van der Waals surface area contributed by atoms with Crippen molar-refractivity contribution in [1.82, 2.24) is 31.5 Å². The van der Waals surface area contributed by atoms with Gasteiger partial charge in [-0.1, -0.05) is 91.9 Å². The number of nitrogens with zero attached hydrogens (tertiary/aromatic N) is 1. The summed E-state index contributed by atoms with van der Waals surface area (Å²) >= 11 is 0. The number of fused-ring (bicyclic) bond motifs is 1. The van der Waals surface area contributed by atoms with Crippen LogP contribution in [-0.4, -0.2) is 94.9 Å². The molecule has 3 aromatic rings. The van der Waals surface area contributed by atoms with Crippen molar-refractivity contribution in [3.8, 4) is 11.1 Å². The number of carbonyl (C=O) groups is 6. The minimum atomic E-state index is -1.46. The van der Waals surface area contributed by atoms with Gasteiger partial charge in [-0.25, -0.2) is 0 Å². The minimum absolute atomic E-state index is 0.0274. The Balaban J connectivity index is 1.34. The number of aliphatic hydroxyl groups excluding tert-OH is 1. The molecule has 13 nitrogen and oxygen atoms in total. The Morgan fingerprint density at radius 2 is 1.40 bits per heavy atom. The summed E-state index contributed by atoms with van der Waals surface area (Å²) < 4.78 is 0. The summed E-state index contributed by atoms with van der Waals surface area (Å²) in [5.41, 5.74) is 3.59. The second kappa shape index (κ2) is 19.7. The zero-order valence-electron chi connectivity index (χ0n) is 31.5. The van der Waals surface area contributed by atoms with Crippen molar-refractivity contribution in [1.29, 1.82) is 0 Å². The van der Waals surface area contributed by atoms with E-state index >= 15 is 0 Å². The van der Waals surface area contributed by atoms with Crippen LogP contribution >= 0.6 is 0 Å². The monoisotopic (exact) mass is 752 g/mol. The van der Waals surface area contributed by atoms with E-state index in [0.29, 0.717) is 32.2 Å². The third-order valence-corrected chi connectivity index (χ3v) is 10.1. The maximum atomic E-state index is 14.0. The zero-order valence-corrected chi connectivity index (χ0v) is 31.5. The van der Waals surface area contributed by atoms with Crippen LogP contribution in [0, 0.1) is 0 Å². The van der Waals surface area contributed by atoms with Gasteiger partial charge in [0.1, 0.15) is 30.2 Å². The largest absolute Gasteiger partial charge is 0.391 e. The van der Waals surface area contributed by atoms with E-state index in [4.69, 9.17) is 0 Å². The molecule has 0 radical (unpaired) electrons. The highest BCUT2D eigenvalue weighted by Gasteiger charge is 2.39. The van der Waals surface area contributed by atoms with Gasteiger partial charge in [-0.3, -0.25) is 28.8 Å². The lowest BCUT2D eigenvalue weighted by Crippen LogP contribution is -2.61. The van der Waals surface area contributed by atoms with Gasteiger partial charge in [-0.05, 0) is 67.7 Å². The highest BCUT2D eigenvalue weighted by molar-refractivity contribution is 5.97. The molecule has 0 aromatic heterocycles. The third-order valence-electron chi connectivity index (χ3n) is 10.1. The second-order valence-corrected chi connectivity index (χ2v) is 14.3. The molecule has 6 N–H and O–H groups in total. The number of carbonyl (C=O) groups excluding carboxylic acids is 6. The van der Waals surface area contributed by atoms with E-state index in [-0.39, 0.29) is 44.0 Å². The van der Waals surface area contributed by atoms with E-state index in [1.807, 2.05) is 84.9 Å². The van der Waals surface area contributed by atoms with Crippen molar-refractivity contribution < 1.29 is 33.9 Å². The van der Waals surface area contributed by atoms with Gasteiger partial charge in [0.05, 0.1) is 12.5 Å². The van der Waals surface area contributed by atoms with Crippen LogP contribution in [0.3, 0.4) is 0 Å². The lowest BCUT2D eigenvalue weighted by molar-refractivity contribution is -0.142. The number of hydrogen-bond acceptors (Lipinski definition) is 7. The van der Waals surface area contributed by atoms with Crippen LogP contribution in [0.5, 0.6) is 0 Å². The lowest BCUT2D eigenvalue weighted by atomic mass is 10.0. The van der Waals surface area contributed by atoms with E-state index in [0.717, 1.165) is 22.3 Å². The summed E-state index contributed by atoms with van der Waals surface area (Å²) in [6.07, 6.45) is 1.18. The average molecular weight is 753 g/mol. The van der Waals surface area contributed by atoms with Crippen LogP contribution in [0.25, 0.3) is 11.1 Å². The van der Waals surface area contributed by atoms with Gasteiger partial charge in [-0.2, -0.15) is 0 Å². The summed E-state index contributed by atoms with van der Waals surface area (Å²) in [5.74, 6) is -3.21. The second-order valence-electron chi connectivity index (χ2n) is 14.3. The Labute approximate surface area is 322 Å². The van der Waals surface area contributed by atoms with Crippen molar-refractivity contribution in [2.75, 3.05) is 13.1 Å². The van der Waals surface area contributed by atoms with E-state index in [9.17, 15) is 33.9 Å². The minimum Gasteiger partial charge on any atom is -0.391 e. The molecule has 0 saturated carbocycles. The first-order valence-electron chi connectivity index (χ1n) is 19.2. The molecule has 2 aliphatic heterocycles. The van der Waals surface area contributed by atoms with Gasteiger partial charge in [0.25, 0.3) is 0 Å². The molecule has 292 valence electrons. The summed E-state index contributed by atoms with van der Waals surface area (Å²) in [6, 6.07) is 21.2. The molecule has 2 heterocycles. The SMILES string of the molecule is CC[C@@H]1NC(=O)[C@@H](NC(=O)Cc2ccc(-c3ccccc3)cc2)CCCCNC(=O)[C@@H]2CCCN2C(=O)[C@@H](Cc2ccccc2)NC(=O)[C@H]([C@@H](C)O)NC1=O. The Morgan fingerprint density at radius 3 is 2.07 bits per heavy atom. The van der Waals surface area contributed by atoms with Crippen LogP contribution < -0.4 is 26.6 Å². The number of benzene rings is 3. The van der Waals surface area contributed by atoms with Crippen LogP contribution in [0.2, 0.25) is 0 Å². The predicted molar refractivity (Wildman–Crippen MR) is 207 cm³/mol. The van der Waals surface area contributed by atoms with Crippen molar-refractivity contribution in [2.45, 2.75) is 102 Å². The van der Waals surface area contributed by atoms with Crippen LogP contribution in [0.15, 0.2) is 84.9 Å². The fourth-order valence-corrected chi connectivity index (χ4v) is 7.05. The Hall–Kier alpha value is -5.56. The quantitative estimate of drug-likeness (QED) is 0.204. The smallest absolute Gasteiger partial charge is 0.246 e. The van der Waals surface area contributed by atoms with E-state index < -0.39 is 59.9 Å². The molecular formula is C42H52N6O7. The zero-order chi connectivity index (χ0) is 39.3. The summed E-state index contributed by atoms with van der Waals surface area (Å²) in [7, 11) is 0. The molecule has 5 rings (SSSR count). The molecule has 2 aliphatic rings. The van der Waals surface area contributed by atoms with Gasteiger partial charge in [0.2, 0.25) is 35.4 Å². The first-order chi connectivity index (χ1) is 26.5. The van der Waals surface area contributed by atoms with Crippen molar-refractivity contribution in [3.63, 3.8) is 0 Å². The van der Waals surface area contributed by atoms with Crippen LogP contribution in [-0.2, 0) is 41.6 Å². The standard InChI is InChI=1S/C42H52N6O7/c1-3-32-38(51)47-37(27(2)49)41(54)46-34(25-28-13-6-4-7-14-28)42(55)48-24-12-18-35(48)40(53)43-23-11-10-17-33(39(52)45-32)44-36(50)26-29-19-21-31(22-20-29)30-15-8-5-9-16-30/h4-9,13-16,19-22,27,32-35,37,49H,3,10-12,17-18,23-26H2,1-2H3,(H,43,53)(H,44,50)(H,45,52)(H,46,54)(H,47,51)/t27-,32+,33+,34-,35+,37+/m1/s1. The fraction of sp³-hybridized carbons (Fsp3) is 0.429. The normalized spacial score (nSPS) is 23.8. The Morgan fingerprint density at radius 1 is 0.745 bits per heavy atom. The Kier molecular flexibility index (Phi) is 14.5. The number of nitrogens with one attached hydrogen (secondary N) is 5. The fourth-order valence-electron chi connectivity index (χ4n) is 7.05. The van der Waals surface area contributed by atoms with Crippen LogP contribution in [0.1, 0.15) is 63.5 Å². The molecule has 13 heteroatoms. The van der Waals surface area contributed by atoms with Crippen molar-refractivity contribution in [3.05, 3.63) is 96.1 Å². The van der Waals surface area contributed by atoms with Crippen LogP contribution in [0.4, 0.5) is 0 Å². The molecule has 2 saturated heterocycles. The number of amides is 6. The number of rotatable bonds is 8. The Bertz CT molecular complexity index is 1790. The number of aliphatic hydroxyl groups is 1. The first-order valence-corrected chi connectivity index (χ1v) is 19.2. The molecule has 2 fully saturated rings. The highest BCUT2D eigenvalue weighted by atomic mass is 16.3. The molecule has 3 aromatic carbocycles. The van der Waals surface area contributed by atoms with Gasteiger partial charge < -0.3 is 36.6 Å². The molecule has 0 unspecified atom stereocenters. The molecular weight excluding hydrogens is 700 g/mol. The molecule has 6 amide bonds. The van der Waals surface area contributed by atoms with Crippen molar-refractivity contribution in [2.24, 2.45) is 0 Å². The van der Waals surface area contributed by atoms with E-state index in [2.05, 4.69) is 26.6 Å². The van der Waals surface area contributed by atoms with E-state index in [1.54, 1.807) is 6.92 Å². The average Bonchev–Trinajstić information content (AvgIpc) is 3.68. The predicted octanol–water partition coefficient (Wildman–Crippen LogP) is 2.16. The maximum Gasteiger partial charge on any atom is 0.246 e. The number of hydrogen-bond donors (Lipinski definition) is 6. The third kappa shape index (κ3) is 11.2.